The molecule has 21 heavy (non-hydrogen) atoms. The SMILES string of the molecule is C#CCN1C(=O)S/C(=C/c2ccc(C(C)(C)C)cc2)C1=O. The summed E-state index contributed by atoms with van der Waals surface area (Å²) >= 11 is 0.929. The fourth-order valence-electron chi connectivity index (χ4n) is 1.96. The van der Waals surface area contributed by atoms with E-state index in [1.54, 1.807) is 6.08 Å². The van der Waals surface area contributed by atoms with Crippen molar-refractivity contribution in [2.24, 2.45) is 0 Å². The van der Waals surface area contributed by atoms with Crippen LogP contribution in [0.3, 0.4) is 0 Å². The minimum absolute atomic E-state index is 0.0188. The summed E-state index contributed by atoms with van der Waals surface area (Å²) in [6.07, 6.45) is 6.89. The number of terminal acetylenes is 1. The lowest BCUT2D eigenvalue weighted by Gasteiger charge is -2.18. The van der Waals surface area contributed by atoms with Crippen LogP contribution in [-0.4, -0.2) is 22.6 Å². The number of hydrogen-bond donors (Lipinski definition) is 0. The van der Waals surface area contributed by atoms with Crippen LogP contribution >= 0.6 is 11.8 Å². The molecule has 1 aliphatic rings. The van der Waals surface area contributed by atoms with Crippen molar-refractivity contribution in [3.05, 3.63) is 40.3 Å². The lowest BCUT2D eigenvalue weighted by atomic mass is 9.87. The molecule has 4 heteroatoms. The van der Waals surface area contributed by atoms with Crippen LogP contribution in [0.25, 0.3) is 6.08 Å². The van der Waals surface area contributed by atoms with Gasteiger partial charge in [0.2, 0.25) is 0 Å². The number of benzene rings is 1. The Morgan fingerprint density at radius 1 is 1.24 bits per heavy atom. The van der Waals surface area contributed by atoms with Crippen LogP contribution in [0.1, 0.15) is 31.9 Å². The molecule has 1 heterocycles. The highest BCUT2D eigenvalue weighted by Gasteiger charge is 2.34. The quantitative estimate of drug-likeness (QED) is 0.618. The first-order valence-corrected chi connectivity index (χ1v) is 7.44. The van der Waals surface area contributed by atoms with Gasteiger partial charge in [0.15, 0.2) is 0 Å². The van der Waals surface area contributed by atoms with Crippen LogP contribution in [0.5, 0.6) is 0 Å². The first-order chi connectivity index (χ1) is 9.82. The van der Waals surface area contributed by atoms with E-state index in [9.17, 15) is 9.59 Å². The number of amides is 2. The van der Waals surface area contributed by atoms with E-state index in [0.717, 1.165) is 22.2 Å². The molecule has 1 aromatic carbocycles. The first kappa shape index (κ1) is 15.4. The summed E-state index contributed by atoms with van der Waals surface area (Å²) in [4.78, 5) is 25.2. The molecule has 0 bridgehead atoms. The minimum atomic E-state index is -0.317. The van der Waals surface area contributed by atoms with Crippen molar-refractivity contribution in [3.63, 3.8) is 0 Å². The van der Waals surface area contributed by atoms with Gasteiger partial charge in [-0.2, -0.15) is 0 Å². The third-order valence-corrected chi connectivity index (χ3v) is 4.10. The van der Waals surface area contributed by atoms with Crippen LogP contribution in [0.4, 0.5) is 4.79 Å². The van der Waals surface area contributed by atoms with E-state index in [-0.39, 0.29) is 23.1 Å². The van der Waals surface area contributed by atoms with Gasteiger partial charge in [0.25, 0.3) is 11.1 Å². The van der Waals surface area contributed by atoms with Crippen molar-refractivity contribution < 1.29 is 9.59 Å². The summed E-state index contributed by atoms with van der Waals surface area (Å²) in [5.41, 5.74) is 2.21. The maximum Gasteiger partial charge on any atom is 0.294 e. The molecule has 0 unspecified atom stereocenters. The van der Waals surface area contributed by atoms with Gasteiger partial charge in [0.1, 0.15) is 0 Å². The van der Waals surface area contributed by atoms with E-state index in [1.807, 2.05) is 24.3 Å². The zero-order chi connectivity index (χ0) is 15.6. The van der Waals surface area contributed by atoms with Crippen LogP contribution in [0.2, 0.25) is 0 Å². The second kappa shape index (κ2) is 5.79. The number of hydrogen-bond acceptors (Lipinski definition) is 3. The average Bonchev–Trinajstić information content (AvgIpc) is 2.66. The topological polar surface area (TPSA) is 37.4 Å². The molecule has 0 saturated carbocycles. The summed E-state index contributed by atoms with van der Waals surface area (Å²) in [6, 6.07) is 7.99. The van der Waals surface area contributed by atoms with E-state index in [0.29, 0.717) is 4.91 Å². The van der Waals surface area contributed by atoms with Crippen LogP contribution in [0.15, 0.2) is 29.2 Å². The highest BCUT2D eigenvalue weighted by molar-refractivity contribution is 8.18. The predicted octanol–water partition coefficient (Wildman–Crippen LogP) is 3.65. The van der Waals surface area contributed by atoms with E-state index < -0.39 is 0 Å². The maximum absolute atomic E-state index is 12.1. The van der Waals surface area contributed by atoms with Gasteiger partial charge in [0, 0.05) is 0 Å². The Hall–Kier alpha value is -1.99. The highest BCUT2D eigenvalue weighted by Crippen LogP contribution is 2.32. The van der Waals surface area contributed by atoms with Gasteiger partial charge in [-0.1, -0.05) is 51.0 Å². The third kappa shape index (κ3) is 3.37. The fourth-order valence-corrected chi connectivity index (χ4v) is 2.80. The molecule has 1 fully saturated rings. The van der Waals surface area contributed by atoms with Crippen molar-refractivity contribution in [3.8, 4) is 12.3 Å². The monoisotopic (exact) mass is 299 g/mol. The summed E-state index contributed by atoms with van der Waals surface area (Å²) in [5.74, 6) is 2.01. The largest absolute Gasteiger partial charge is 0.294 e. The standard InChI is InChI=1S/C17H17NO2S/c1-5-10-18-15(19)14(21-16(18)20)11-12-6-8-13(9-7-12)17(2,3)4/h1,6-9,11H,10H2,2-4H3/b14-11+. The molecule has 0 spiro atoms. The number of rotatable bonds is 2. The summed E-state index contributed by atoms with van der Waals surface area (Å²) in [5, 5.41) is -0.310. The van der Waals surface area contributed by atoms with Crippen molar-refractivity contribution in [1.82, 2.24) is 4.90 Å². The molecule has 1 aliphatic heterocycles. The molecular weight excluding hydrogens is 282 g/mol. The summed E-state index contributed by atoms with van der Waals surface area (Å²) in [7, 11) is 0. The molecular formula is C17H17NO2S. The maximum atomic E-state index is 12.1. The molecule has 2 rings (SSSR count). The Labute approximate surface area is 129 Å². The van der Waals surface area contributed by atoms with Crippen LogP contribution in [0, 0.1) is 12.3 Å². The molecule has 0 aromatic heterocycles. The predicted molar refractivity (Wildman–Crippen MR) is 86.7 cm³/mol. The smallest absolute Gasteiger partial charge is 0.268 e. The molecule has 0 aliphatic carbocycles. The molecule has 2 amide bonds. The minimum Gasteiger partial charge on any atom is -0.268 e. The number of carbonyl (C=O) groups excluding carboxylic acids is 2. The van der Waals surface area contributed by atoms with E-state index >= 15 is 0 Å². The van der Waals surface area contributed by atoms with Gasteiger partial charge in [-0.05, 0) is 34.4 Å². The fraction of sp³-hybridized carbons (Fsp3) is 0.294. The van der Waals surface area contributed by atoms with E-state index in [1.165, 1.54) is 5.56 Å². The lowest BCUT2D eigenvalue weighted by molar-refractivity contribution is -0.122. The third-order valence-electron chi connectivity index (χ3n) is 3.20. The van der Waals surface area contributed by atoms with Crippen molar-refractivity contribution in [2.45, 2.75) is 26.2 Å². The van der Waals surface area contributed by atoms with E-state index in [4.69, 9.17) is 6.42 Å². The van der Waals surface area contributed by atoms with Crippen LogP contribution in [-0.2, 0) is 10.2 Å². The molecule has 0 radical (unpaired) electrons. The van der Waals surface area contributed by atoms with E-state index in [2.05, 4.69) is 26.7 Å². The Morgan fingerprint density at radius 2 is 1.86 bits per heavy atom. The second-order valence-electron chi connectivity index (χ2n) is 5.84. The number of imide groups is 1. The van der Waals surface area contributed by atoms with Gasteiger partial charge in [-0.3, -0.25) is 14.5 Å². The van der Waals surface area contributed by atoms with Crippen molar-refractivity contribution in [1.29, 1.82) is 0 Å². The number of carbonyl (C=O) groups is 2. The van der Waals surface area contributed by atoms with Gasteiger partial charge in [-0.15, -0.1) is 6.42 Å². The molecule has 3 nitrogen and oxygen atoms in total. The molecule has 0 N–H and O–H groups in total. The zero-order valence-corrected chi connectivity index (χ0v) is 13.2. The Kier molecular flexibility index (Phi) is 4.24. The lowest BCUT2D eigenvalue weighted by Crippen LogP contribution is -2.28. The number of nitrogens with zero attached hydrogens (tertiary/aromatic N) is 1. The zero-order valence-electron chi connectivity index (χ0n) is 12.3. The molecule has 1 saturated heterocycles. The Bertz CT molecular complexity index is 645. The Balaban J connectivity index is 2.23. The summed E-state index contributed by atoms with van der Waals surface area (Å²) < 4.78 is 0. The van der Waals surface area contributed by atoms with Gasteiger partial charge in [0.05, 0.1) is 11.4 Å². The normalized spacial score (nSPS) is 17.4. The summed E-state index contributed by atoms with van der Waals surface area (Å²) in [6.45, 7) is 6.46. The Morgan fingerprint density at radius 3 is 2.38 bits per heavy atom. The molecule has 1 aromatic rings. The molecule has 0 atom stereocenters. The van der Waals surface area contributed by atoms with Crippen molar-refractivity contribution >= 4 is 29.0 Å². The second-order valence-corrected chi connectivity index (χ2v) is 6.84. The van der Waals surface area contributed by atoms with Crippen LogP contribution < -0.4 is 0 Å². The van der Waals surface area contributed by atoms with Crippen molar-refractivity contribution in [2.75, 3.05) is 6.54 Å². The highest BCUT2D eigenvalue weighted by atomic mass is 32.2. The molecule has 108 valence electrons. The van der Waals surface area contributed by atoms with Gasteiger partial charge in [-0.25, -0.2) is 0 Å². The average molecular weight is 299 g/mol. The number of thioether (sulfide) groups is 1. The van der Waals surface area contributed by atoms with Gasteiger partial charge >= 0.3 is 0 Å². The first-order valence-electron chi connectivity index (χ1n) is 6.62. The van der Waals surface area contributed by atoms with Gasteiger partial charge < -0.3 is 0 Å².